The molecule has 3 rings (SSSR count). The number of methoxy groups -OCH3 is 1. The van der Waals surface area contributed by atoms with Gasteiger partial charge in [0.05, 0.1) is 12.9 Å². The van der Waals surface area contributed by atoms with Gasteiger partial charge >= 0.3 is 5.97 Å². The molecule has 1 fully saturated rings. The number of esters is 1. The number of ether oxygens (including phenoxy) is 1. The molecule has 2 atom stereocenters. The Balaban J connectivity index is 1.74. The normalized spacial score (nSPS) is 18.8. The minimum Gasteiger partial charge on any atom is -0.469 e. The molecular weight excluding hydrogens is 424 g/mol. The predicted molar refractivity (Wildman–Crippen MR) is 129 cm³/mol. The summed E-state index contributed by atoms with van der Waals surface area (Å²) < 4.78 is 31.6. The van der Waals surface area contributed by atoms with Gasteiger partial charge in [-0.3, -0.25) is 4.79 Å². The highest BCUT2D eigenvalue weighted by atomic mass is 32.2. The SMILES string of the molecule is CCS(=O)(=O)NC1CCNC1Cc1cccc(-c2ccccc2C=CCCC(=O)OC)c1. The number of benzene rings is 2. The fourth-order valence-electron chi connectivity index (χ4n) is 3.98. The number of carbonyl (C=O) groups excluding carboxylic acids is 1. The number of nitrogens with one attached hydrogen (secondary N) is 2. The smallest absolute Gasteiger partial charge is 0.305 e. The van der Waals surface area contributed by atoms with Crippen LogP contribution in [0.15, 0.2) is 54.6 Å². The summed E-state index contributed by atoms with van der Waals surface area (Å²) in [5.41, 5.74) is 4.47. The minimum atomic E-state index is -3.23. The molecule has 2 aromatic carbocycles. The van der Waals surface area contributed by atoms with Gasteiger partial charge in [-0.05, 0) is 55.0 Å². The monoisotopic (exact) mass is 456 g/mol. The van der Waals surface area contributed by atoms with E-state index in [0.717, 1.165) is 41.6 Å². The molecule has 6 nitrogen and oxygen atoms in total. The van der Waals surface area contributed by atoms with E-state index >= 15 is 0 Å². The number of rotatable bonds is 10. The fraction of sp³-hybridized carbons (Fsp3) is 0.400. The average Bonchev–Trinajstić information content (AvgIpc) is 3.22. The van der Waals surface area contributed by atoms with Crippen LogP contribution in [-0.4, -0.2) is 45.9 Å². The molecule has 2 aromatic rings. The van der Waals surface area contributed by atoms with Crippen LogP contribution in [0, 0.1) is 0 Å². The van der Waals surface area contributed by atoms with Crippen LogP contribution in [0.3, 0.4) is 0 Å². The molecule has 7 heteroatoms. The van der Waals surface area contributed by atoms with Gasteiger partial charge in [0.2, 0.25) is 10.0 Å². The van der Waals surface area contributed by atoms with Gasteiger partial charge in [-0.25, -0.2) is 13.1 Å². The van der Waals surface area contributed by atoms with Crippen molar-refractivity contribution in [2.24, 2.45) is 0 Å². The second kappa shape index (κ2) is 11.4. The highest BCUT2D eigenvalue weighted by Gasteiger charge is 2.29. The van der Waals surface area contributed by atoms with Crippen LogP contribution >= 0.6 is 0 Å². The maximum Gasteiger partial charge on any atom is 0.305 e. The van der Waals surface area contributed by atoms with Gasteiger partial charge in [0, 0.05) is 18.5 Å². The van der Waals surface area contributed by atoms with Crippen molar-refractivity contribution >= 4 is 22.1 Å². The van der Waals surface area contributed by atoms with Crippen molar-refractivity contribution in [1.82, 2.24) is 10.0 Å². The van der Waals surface area contributed by atoms with Gasteiger partial charge in [0.15, 0.2) is 0 Å². The van der Waals surface area contributed by atoms with Crippen LogP contribution in [-0.2, 0) is 26.0 Å². The third kappa shape index (κ3) is 6.76. The summed E-state index contributed by atoms with van der Waals surface area (Å²) >= 11 is 0. The molecule has 0 amide bonds. The highest BCUT2D eigenvalue weighted by Crippen LogP contribution is 2.27. The Bertz CT molecular complexity index is 1050. The maximum atomic E-state index is 12.0. The Morgan fingerprint density at radius 1 is 1.22 bits per heavy atom. The van der Waals surface area contributed by atoms with E-state index in [1.165, 1.54) is 7.11 Å². The Kier molecular flexibility index (Phi) is 8.61. The van der Waals surface area contributed by atoms with Crippen molar-refractivity contribution in [1.29, 1.82) is 0 Å². The maximum absolute atomic E-state index is 12.0. The summed E-state index contributed by atoms with van der Waals surface area (Å²) in [6, 6.07) is 16.5. The zero-order valence-electron chi connectivity index (χ0n) is 18.7. The van der Waals surface area contributed by atoms with E-state index in [0.29, 0.717) is 12.8 Å². The van der Waals surface area contributed by atoms with E-state index in [2.05, 4.69) is 45.1 Å². The van der Waals surface area contributed by atoms with Crippen LogP contribution in [0.1, 0.15) is 37.3 Å². The summed E-state index contributed by atoms with van der Waals surface area (Å²) in [5.74, 6) is -0.119. The molecule has 1 heterocycles. The molecular formula is C25H32N2O4S. The zero-order valence-corrected chi connectivity index (χ0v) is 19.5. The lowest BCUT2D eigenvalue weighted by molar-refractivity contribution is -0.140. The van der Waals surface area contributed by atoms with E-state index < -0.39 is 10.0 Å². The quantitative estimate of drug-likeness (QED) is 0.535. The highest BCUT2D eigenvalue weighted by molar-refractivity contribution is 7.89. The summed E-state index contributed by atoms with van der Waals surface area (Å²) in [7, 11) is -1.83. The molecule has 1 aliphatic heterocycles. The number of sulfonamides is 1. The minimum absolute atomic E-state index is 0.0695. The molecule has 0 aliphatic carbocycles. The van der Waals surface area contributed by atoms with E-state index in [-0.39, 0.29) is 23.8 Å². The van der Waals surface area contributed by atoms with Gasteiger partial charge < -0.3 is 10.1 Å². The van der Waals surface area contributed by atoms with E-state index in [9.17, 15) is 13.2 Å². The average molecular weight is 457 g/mol. The molecule has 0 radical (unpaired) electrons. The first-order valence-electron chi connectivity index (χ1n) is 11.1. The molecule has 0 saturated carbocycles. The van der Waals surface area contributed by atoms with E-state index in [1.54, 1.807) is 6.92 Å². The van der Waals surface area contributed by atoms with Crippen LogP contribution in [0.25, 0.3) is 17.2 Å². The van der Waals surface area contributed by atoms with Crippen molar-refractivity contribution in [3.63, 3.8) is 0 Å². The van der Waals surface area contributed by atoms with Gasteiger partial charge in [-0.15, -0.1) is 0 Å². The zero-order chi connectivity index (χ0) is 23.0. The van der Waals surface area contributed by atoms with E-state index in [1.807, 2.05) is 30.4 Å². The van der Waals surface area contributed by atoms with Crippen LogP contribution in [0.2, 0.25) is 0 Å². The van der Waals surface area contributed by atoms with Gasteiger partial charge in [0.25, 0.3) is 0 Å². The standard InChI is InChI=1S/C25H32N2O4S/c1-3-32(29,30)27-23-15-16-26-24(23)18-19-9-8-12-21(17-19)22-13-6-4-10-20(22)11-5-7-14-25(28)31-2/h4-6,8-13,17,23-24,26-27H,3,7,14-16,18H2,1-2H3. The fourth-order valence-corrected chi connectivity index (χ4v) is 4.89. The Morgan fingerprint density at radius 3 is 2.81 bits per heavy atom. The molecule has 1 saturated heterocycles. The van der Waals surface area contributed by atoms with Crippen molar-refractivity contribution in [2.75, 3.05) is 19.4 Å². The Hall–Kier alpha value is -2.48. The lowest BCUT2D eigenvalue weighted by atomic mass is 9.95. The molecule has 0 spiro atoms. The molecule has 2 unspecified atom stereocenters. The molecule has 172 valence electrons. The summed E-state index contributed by atoms with van der Waals surface area (Å²) in [5, 5.41) is 3.44. The lowest BCUT2D eigenvalue weighted by Crippen LogP contribution is -2.45. The number of allylic oxidation sites excluding steroid dienone is 1. The van der Waals surface area contributed by atoms with Crippen LogP contribution in [0.5, 0.6) is 0 Å². The van der Waals surface area contributed by atoms with Crippen LogP contribution < -0.4 is 10.0 Å². The lowest BCUT2D eigenvalue weighted by Gasteiger charge is -2.21. The first kappa shape index (κ1) is 24.2. The Labute approximate surface area is 191 Å². The van der Waals surface area contributed by atoms with Crippen molar-refractivity contribution in [3.05, 3.63) is 65.7 Å². The summed E-state index contributed by atoms with van der Waals surface area (Å²) in [4.78, 5) is 11.3. The first-order chi connectivity index (χ1) is 15.4. The summed E-state index contributed by atoms with van der Waals surface area (Å²) in [6.07, 6.45) is 6.57. The van der Waals surface area contributed by atoms with E-state index in [4.69, 9.17) is 0 Å². The van der Waals surface area contributed by atoms with Crippen molar-refractivity contribution in [3.8, 4) is 11.1 Å². The Morgan fingerprint density at radius 2 is 2.03 bits per heavy atom. The second-order valence-corrected chi connectivity index (χ2v) is 10.0. The van der Waals surface area contributed by atoms with Gasteiger partial charge in [0.1, 0.15) is 0 Å². The molecule has 32 heavy (non-hydrogen) atoms. The molecule has 2 N–H and O–H groups in total. The first-order valence-corrected chi connectivity index (χ1v) is 12.7. The summed E-state index contributed by atoms with van der Waals surface area (Å²) in [6.45, 7) is 2.46. The third-order valence-electron chi connectivity index (χ3n) is 5.75. The number of hydrogen-bond donors (Lipinski definition) is 2. The van der Waals surface area contributed by atoms with Crippen molar-refractivity contribution in [2.45, 2.75) is 44.7 Å². The number of hydrogen-bond acceptors (Lipinski definition) is 5. The van der Waals surface area contributed by atoms with Crippen LogP contribution in [0.4, 0.5) is 0 Å². The number of carbonyl (C=O) groups is 1. The predicted octanol–water partition coefficient (Wildman–Crippen LogP) is 3.53. The van der Waals surface area contributed by atoms with Gasteiger partial charge in [-0.1, -0.05) is 60.7 Å². The molecule has 0 bridgehead atoms. The topological polar surface area (TPSA) is 84.5 Å². The second-order valence-electron chi connectivity index (χ2n) is 7.99. The van der Waals surface area contributed by atoms with Crippen molar-refractivity contribution < 1.29 is 17.9 Å². The molecule has 0 aromatic heterocycles. The third-order valence-corrected chi connectivity index (χ3v) is 7.18. The largest absolute Gasteiger partial charge is 0.469 e. The molecule has 1 aliphatic rings. The van der Waals surface area contributed by atoms with Gasteiger partial charge in [-0.2, -0.15) is 0 Å².